The van der Waals surface area contributed by atoms with Crippen molar-refractivity contribution in [3.8, 4) is 0 Å². The van der Waals surface area contributed by atoms with Gasteiger partial charge in [0.2, 0.25) is 0 Å². The van der Waals surface area contributed by atoms with Crippen LogP contribution in [0.2, 0.25) is 0 Å². The molecule has 1 N–H and O–H groups in total. The first-order chi connectivity index (χ1) is 6.85. The van der Waals surface area contributed by atoms with Gasteiger partial charge >= 0.3 is 0 Å². The predicted octanol–water partition coefficient (Wildman–Crippen LogP) is 2.60. The summed E-state index contributed by atoms with van der Waals surface area (Å²) in [5, 5.41) is 0. The Bertz CT molecular complexity index is 174. The van der Waals surface area contributed by atoms with Gasteiger partial charge in [-0.15, -0.1) is 0 Å². The van der Waals surface area contributed by atoms with Crippen LogP contribution < -0.4 is 5.48 Å². The summed E-state index contributed by atoms with van der Waals surface area (Å²) in [5.41, 5.74) is 3.19. The highest BCUT2D eigenvalue weighted by molar-refractivity contribution is 5.50. The smallest absolute Gasteiger partial charge is 0.147 e. The Labute approximate surface area is 86.5 Å². The van der Waals surface area contributed by atoms with Gasteiger partial charge in [-0.2, -0.15) is 0 Å². The molecule has 0 heterocycles. The largest absolute Gasteiger partial charge is 0.276 e. The normalized spacial score (nSPS) is 9.57. The summed E-state index contributed by atoms with van der Waals surface area (Å²) in [6, 6.07) is 0. The number of rotatable bonds is 9. The Balaban J connectivity index is 3.39. The van der Waals surface area contributed by atoms with E-state index in [9.17, 15) is 4.79 Å². The zero-order valence-corrected chi connectivity index (χ0v) is 9.27. The maximum atomic E-state index is 10.4. The summed E-state index contributed by atoms with van der Waals surface area (Å²) in [6.07, 6.45) is 6.17. The third kappa shape index (κ3) is 7.84. The lowest BCUT2D eigenvalue weighted by atomic mass is 10.2. The Morgan fingerprint density at radius 1 is 1.21 bits per heavy atom. The number of unbranched alkanes of at least 4 members (excludes halogenated alkanes) is 3. The fraction of sp³-hybridized carbons (Fsp3) is 0.818. The van der Waals surface area contributed by atoms with Crippen LogP contribution in [0.5, 0.6) is 0 Å². The molecule has 0 aliphatic carbocycles. The van der Waals surface area contributed by atoms with Crippen LogP contribution >= 0.6 is 0 Å². The number of allylic oxidation sites excluding steroid dienone is 1. The van der Waals surface area contributed by atoms with Gasteiger partial charge in [-0.1, -0.05) is 33.1 Å². The SMILES string of the molecule is CCCCCONC(=C=O)CCCC. The summed E-state index contributed by atoms with van der Waals surface area (Å²) in [4.78, 5) is 15.6. The Hall–Kier alpha value is -0.790. The van der Waals surface area contributed by atoms with Crippen LogP contribution in [0, 0.1) is 0 Å². The second-order valence-electron chi connectivity index (χ2n) is 3.34. The summed E-state index contributed by atoms with van der Waals surface area (Å²) >= 11 is 0. The second-order valence-corrected chi connectivity index (χ2v) is 3.34. The summed E-state index contributed by atoms with van der Waals surface area (Å²) in [5.74, 6) is 1.86. The van der Waals surface area contributed by atoms with Crippen LogP contribution in [0.1, 0.15) is 52.4 Å². The zero-order valence-electron chi connectivity index (χ0n) is 9.27. The van der Waals surface area contributed by atoms with Gasteiger partial charge in [0, 0.05) is 6.42 Å². The van der Waals surface area contributed by atoms with Gasteiger partial charge in [-0.05, 0) is 12.8 Å². The zero-order chi connectivity index (χ0) is 10.6. The topological polar surface area (TPSA) is 38.3 Å². The van der Waals surface area contributed by atoms with Crippen molar-refractivity contribution in [1.82, 2.24) is 5.48 Å². The van der Waals surface area contributed by atoms with Crippen molar-refractivity contribution in [1.29, 1.82) is 0 Å². The van der Waals surface area contributed by atoms with E-state index in [0.29, 0.717) is 12.3 Å². The predicted molar refractivity (Wildman–Crippen MR) is 57.3 cm³/mol. The molecule has 0 aliphatic heterocycles. The van der Waals surface area contributed by atoms with Gasteiger partial charge in [0.25, 0.3) is 0 Å². The molecular weight excluding hydrogens is 178 g/mol. The quantitative estimate of drug-likeness (QED) is 0.352. The summed E-state index contributed by atoms with van der Waals surface area (Å²) in [6.45, 7) is 4.89. The molecule has 0 aromatic heterocycles. The third-order valence-corrected chi connectivity index (χ3v) is 1.95. The average molecular weight is 199 g/mol. The second kappa shape index (κ2) is 10.3. The molecule has 0 saturated heterocycles. The van der Waals surface area contributed by atoms with Crippen LogP contribution in [0.25, 0.3) is 0 Å². The molecule has 3 nitrogen and oxygen atoms in total. The van der Waals surface area contributed by atoms with Crippen molar-refractivity contribution in [3.05, 3.63) is 5.70 Å². The van der Waals surface area contributed by atoms with E-state index in [-0.39, 0.29) is 0 Å². The van der Waals surface area contributed by atoms with E-state index in [4.69, 9.17) is 4.84 Å². The first-order valence-corrected chi connectivity index (χ1v) is 5.46. The molecule has 0 atom stereocenters. The standard InChI is InChI=1S/C11H21NO2/c1-3-5-7-9-14-12-11(10-13)8-6-4-2/h12H,3-9H2,1-2H3. The molecule has 0 fully saturated rings. The molecule has 3 heteroatoms. The van der Waals surface area contributed by atoms with E-state index in [0.717, 1.165) is 32.1 Å². The van der Waals surface area contributed by atoms with Gasteiger partial charge in [-0.3, -0.25) is 10.3 Å². The van der Waals surface area contributed by atoms with Crippen molar-refractivity contribution >= 4 is 5.94 Å². The highest BCUT2D eigenvalue weighted by atomic mass is 16.6. The molecule has 0 unspecified atom stereocenters. The number of hydrogen-bond acceptors (Lipinski definition) is 3. The van der Waals surface area contributed by atoms with Gasteiger partial charge in [0.1, 0.15) is 11.6 Å². The number of nitrogens with one attached hydrogen (secondary N) is 1. The van der Waals surface area contributed by atoms with E-state index < -0.39 is 0 Å². The minimum Gasteiger partial charge on any atom is -0.276 e. The molecule has 0 spiro atoms. The van der Waals surface area contributed by atoms with Crippen LogP contribution in [-0.2, 0) is 9.63 Å². The van der Waals surface area contributed by atoms with E-state index in [1.807, 2.05) is 5.94 Å². The maximum Gasteiger partial charge on any atom is 0.147 e. The van der Waals surface area contributed by atoms with E-state index in [2.05, 4.69) is 19.3 Å². The van der Waals surface area contributed by atoms with Crippen LogP contribution in [0.15, 0.2) is 5.70 Å². The van der Waals surface area contributed by atoms with Crippen molar-refractivity contribution in [2.24, 2.45) is 0 Å². The monoisotopic (exact) mass is 199 g/mol. The highest BCUT2D eigenvalue weighted by Gasteiger charge is 1.96. The summed E-state index contributed by atoms with van der Waals surface area (Å²) in [7, 11) is 0. The van der Waals surface area contributed by atoms with Gasteiger partial charge < -0.3 is 0 Å². The minimum absolute atomic E-state index is 0.531. The van der Waals surface area contributed by atoms with Crippen LogP contribution in [-0.4, -0.2) is 12.5 Å². The molecule has 0 aromatic carbocycles. The molecule has 0 rings (SSSR count). The van der Waals surface area contributed by atoms with Crippen molar-refractivity contribution in [2.75, 3.05) is 6.61 Å². The highest BCUT2D eigenvalue weighted by Crippen LogP contribution is 2.01. The van der Waals surface area contributed by atoms with Crippen LogP contribution in [0.4, 0.5) is 0 Å². The van der Waals surface area contributed by atoms with Crippen molar-refractivity contribution < 1.29 is 9.63 Å². The molecule has 0 bridgehead atoms. The van der Waals surface area contributed by atoms with Crippen LogP contribution in [0.3, 0.4) is 0 Å². The lowest BCUT2D eigenvalue weighted by Crippen LogP contribution is -2.15. The number of carbonyl (C=O) groups excluding carboxylic acids is 1. The van der Waals surface area contributed by atoms with E-state index in [1.165, 1.54) is 6.42 Å². The van der Waals surface area contributed by atoms with Crippen molar-refractivity contribution in [2.45, 2.75) is 52.4 Å². The minimum atomic E-state index is 0.531. The first-order valence-electron chi connectivity index (χ1n) is 5.46. The Kier molecular flexibility index (Phi) is 9.71. The van der Waals surface area contributed by atoms with Crippen molar-refractivity contribution in [3.63, 3.8) is 0 Å². The Morgan fingerprint density at radius 3 is 2.50 bits per heavy atom. The van der Waals surface area contributed by atoms with Gasteiger partial charge in [-0.25, -0.2) is 4.79 Å². The van der Waals surface area contributed by atoms with Gasteiger partial charge in [0.15, 0.2) is 0 Å². The molecule has 0 aromatic rings. The van der Waals surface area contributed by atoms with Gasteiger partial charge in [0.05, 0.1) is 6.61 Å². The number of hydroxylamine groups is 1. The molecule has 0 amide bonds. The first kappa shape index (κ1) is 13.2. The average Bonchev–Trinajstić information content (AvgIpc) is 2.22. The molecule has 14 heavy (non-hydrogen) atoms. The lowest BCUT2D eigenvalue weighted by molar-refractivity contribution is 0.0584. The molecule has 0 saturated carbocycles. The third-order valence-electron chi connectivity index (χ3n) is 1.95. The lowest BCUT2D eigenvalue weighted by Gasteiger charge is -2.06. The van der Waals surface area contributed by atoms with E-state index >= 15 is 0 Å². The molecular formula is C11H21NO2. The fourth-order valence-corrected chi connectivity index (χ4v) is 1.04. The van der Waals surface area contributed by atoms with E-state index in [1.54, 1.807) is 0 Å². The molecule has 0 radical (unpaired) electrons. The number of hydrogen-bond donors (Lipinski definition) is 1. The summed E-state index contributed by atoms with van der Waals surface area (Å²) < 4.78 is 0. The fourth-order valence-electron chi connectivity index (χ4n) is 1.04. The molecule has 82 valence electrons. The maximum absolute atomic E-state index is 10.4. The molecule has 0 aliphatic rings. The Morgan fingerprint density at radius 2 is 1.93 bits per heavy atom.